The van der Waals surface area contributed by atoms with Gasteiger partial charge in [-0.3, -0.25) is 9.48 Å². The minimum atomic E-state index is -0.454. The Kier molecular flexibility index (Phi) is 5.23. The van der Waals surface area contributed by atoms with E-state index in [1.807, 2.05) is 0 Å². The van der Waals surface area contributed by atoms with Gasteiger partial charge in [0.05, 0.1) is 17.0 Å². The van der Waals surface area contributed by atoms with Gasteiger partial charge in [-0.15, -0.1) is 0 Å². The number of H-pyrrole nitrogens is 1. The molecule has 154 valence electrons. The van der Waals surface area contributed by atoms with E-state index in [4.69, 9.17) is 5.73 Å². The van der Waals surface area contributed by atoms with Crippen molar-refractivity contribution in [3.63, 3.8) is 0 Å². The van der Waals surface area contributed by atoms with Crippen LogP contribution in [0.1, 0.15) is 23.0 Å². The Hall–Kier alpha value is -3.66. The Morgan fingerprint density at radius 2 is 2.07 bits per heavy atom. The molecule has 1 aliphatic rings. The second-order valence-electron chi connectivity index (χ2n) is 6.78. The number of aromatic amines is 1. The van der Waals surface area contributed by atoms with Crippen LogP contribution in [0.15, 0.2) is 47.5 Å². The second-order valence-corrected chi connectivity index (χ2v) is 6.78. The molecule has 0 amide bonds. The van der Waals surface area contributed by atoms with Crippen LogP contribution in [0.25, 0.3) is 10.8 Å². The van der Waals surface area contributed by atoms with Gasteiger partial charge in [0.1, 0.15) is 23.8 Å². The maximum atomic E-state index is 13.6. The molecule has 8 nitrogen and oxygen atoms in total. The molecule has 2 aromatic carbocycles. The van der Waals surface area contributed by atoms with Crippen molar-refractivity contribution in [2.45, 2.75) is 12.5 Å². The fraction of sp³-hybridized carbons (Fsp3) is 0.200. The maximum absolute atomic E-state index is 13.6. The first-order valence-corrected chi connectivity index (χ1v) is 9.22. The molecule has 0 radical (unpaired) electrons. The summed E-state index contributed by atoms with van der Waals surface area (Å²) in [6.45, 7) is 0.782. The van der Waals surface area contributed by atoms with E-state index in [-0.39, 0.29) is 23.7 Å². The Morgan fingerprint density at radius 1 is 1.27 bits per heavy atom. The van der Waals surface area contributed by atoms with Crippen molar-refractivity contribution in [1.82, 2.24) is 25.0 Å². The Bertz CT molecular complexity index is 1270. The van der Waals surface area contributed by atoms with Gasteiger partial charge in [-0.25, -0.2) is 18.9 Å². The summed E-state index contributed by atoms with van der Waals surface area (Å²) in [6.07, 6.45) is 1.47. The highest BCUT2D eigenvalue weighted by Gasteiger charge is 2.29. The van der Waals surface area contributed by atoms with Crippen molar-refractivity contribution in [2.75, 3.05) is 11.9 Å². The molecule has 0 fully saturated rings. The summed E-state index contributed by atoms with van der Waals surface area (Å²) in [5, 5.41) is 14.7. The van der Waals surface area contributed by atoms with E-state index in [2.05, 4.69) is 25.6 Å². The number of nitrogens with two attached hydrogens (primary N) is 1. The zero-order valence-electron chi connectivity index (χ0n) is 16.1. The standard InChI is InChI=1S/C13H11FN6O.C7H8FN/c1-20-12(16-5-17-20)8-4-15-9-3-6(14)2-7-10(9)11(8)18-19-13(7)21;8-7-4-2-1-3-6(7)5-9/h2-3,5,8,15H,4H2,1H3,(H,19,21);1-4H,5,9H2. The number of anilines is 1. The van der Waals surface area contributed by atoms with Crippen molar-refractivity contribution in [1.29, 1.82) is 0 Å². The van der Waals surface area contributed by atoms with E-state index in [1.54, 1.807) is 29.9 Å². The molecule has 3 heterocycles. The molecule has 10 heteroatoms. The molecule has 4 aromatic rings. The molecular formula is C20H19F2N7O. The van der Waals surface area contributed by atoms with Crippen LogP contribution < -0.4 is 16.6 Å². The number of hydrogen-bond donors (Lipinski definition) is 3. The van der Waals surface area contributed by atoms with Crippen molar-refractivity contribution in [3.05, 3.63) is 81.8 Å². The molecule has 0 aliphatic carbocycles. The molecule has 30 heavy (non-hydrogen) atoms. The third-order valence-corrected chi connectivity index (χ3v) is 4.94. The summed E-state index contributed by atoms with van der Waals surface area (Å²) in [7, 11) is 1.80. The molecule has 1 atom stereocenters. The monoisotopic (exact) mass is 411 g/mol. The van der Waals surface area contributed by atoms with E-state index in [0.29, 0.717) is 28.9 Å². The largest absolute Gasteiger partial charge is 0.383 e. The fourth-order valence-corrected chi connectivity index (χ4v) is 3.49. The van der Waals surface area contributed by atoms with Crippen LogP contribution in [0.4, 0.5) is 14.5 Å². The summed E-state index contributed by atoms with van der Waals surface area (Å²) in [4.78, 5) is 16.1. The van der Waals surface area contributed by atoms with Gasteiger partial charge in [0.15, 0.2) is 0 Å². The molecule has 0 bridgehead atoms. The molecule has 5 rings (SSSR count). The van der Waals surface area contributed by atoms with E-state index >= 15 is 0 Å². The number of hydrogen-bond acceptors (Lipinski definition) is 6. The topological polar surface area (TPSA) is 115 Å². The second kappa shape index (κ2) is 7.99. The number of rotatable bonds is 2. The van der Waals surface area contributed by atoms with Crippen LogP contribution in [0.2, 0.25) is 0 Å². The fourth-order valence-electron chi connectivity index (χ4n) is 3.49. The minimum absolute atomic E-state index is 0.158. The Balaban J connectivity index is 0.000000204. The number of nitrogens with one attached hydrogen (secondary N) is 2. The summed E-state index contributed by atoms with van der Waals surface area (Å²) in [5.41, 5.74) is 6.63. The summed E-state index contributed by atoms with van der Waals surface area (Å²) < 4.78 is 27.8. The van der Waals surface area contributed by atoms with Crippen LogP contribution in [0.5, 0.6) is 0 Å². The van der Waals surface area contributed by atoms with E-state index in [0.717, 1.165) is 5.82 Å². The van der Waals surface area contributed by atoms with Crippen LogP contribution >= 0.6 is 0 Å². The van der Waals surface area contributed by atoms with E-state index in [9.17, 15) is 13.6 Å². The zero-order valence-corrected chi connectivity index (χ0v) is 16.1. The highest BCUT2D eigenvalue weighted by molar-refractivity contribution is 5.96. The smallest absolute Gasteiger partial charge is 0.272 e. The number of halogens is 2. The number of nitrogens with zero attached hydrogens (tertiary/aromatic N) is 4. The maximum Gasteiger partial charge on any atom is 0.272 e. The lowest BCUT2D eigenvalue weighted by Gasteiger charge is -2.24. The molecule has 0 saturated carbocycles. The van der Waals surface area contributed by atoms with Gasteiger partial charge in [-0.2, -0.15) is 10.2 Å². The lowest BCUT2D eigenvalue weighted by Crippen LogP contribution is -2.26. The molecule has 1 aliphatic heterocycles. The van der Waals surface area contributed by atoms with Crippen LogP contribution in [-0.2, 0) is 13.6 Å². The van der Waals surface area contributed by atoms with Crippen LogP contribution in [0, 0.1) is 11.6 Å². The molecule has 4 N–H and O–H groups in total. The predicted octanol–water partition coefficient (Wildman–Crippen LogP) is 2.03. The van der Waals surface area contributed by atoms with Gasteiger partial charge in [0, 0.05) is 36.8 Å². The van der Waals surface area contributed by atoms with Crippen molar-refractivity contribution in [2.24, 2.45) is 12.8 Å². The highest BCUT2D eigenvalue weighted by Crippen LogP contribution is 2.35. The quantitative estimate of drug-likeness (QED) is 0.465. The number of benzene rings is 2. The average Bonchev–Trinajstić information content (AvgIpc) is 3.17. The minimum Gasteiger partial charge on any atom is -0.383 e. The van der Waals surface area contributed by atoms with Crippen LogP contribution in [0.3, 0.4) is 0 Å². The predicted molar refractivity (Wildman–Crippen MR) is 108 cm³/mol. The normalized spacial score (nSPS) is 14.7. The highest BCUT2D eigenvalue weighted by atomic mass is 19.1. The Labute approximate surface area is 169 Å². The summed E-state index contributed by atoms with van der Waals surface area (Å²) in [5.74, 6) is -0.0992. The zero-order chi connectivity index (χ0) is 21.3. The first-order chi connectivity index (χ1) is 14.5. The van der Waals surface area contributed by atoms with Gasteiger partial charge in [0.2, 0.25) is 0 Å². The van der Waals surface area contributed by atoms with Crippen molar-refractivity contribution >= 4 is 16.5 Å². The lowest BCUT2D eigenvalue weighted by molar-refractivity contribution is 0.610. The lowest BCUT2D eigenvalue weighted by atomic mass is 9.94. The number of aryl methyl sites for hydroxylation is 1. The summed E-state index contributed by atoms with van der Waals surface area (Å²) >= 11 is 0. The molecule has 2 aromatic heterocycles. The van der Waals surface area contributed by atoms with Crippen LogP contribution in [-0.4, -0.2) is 31.5 Å². The van der Waals surface area contributed by atoms with Gasteiger partial charge >= 0.3 is 0 Å². The van der Waals surface area contributed by atoms with Crippen molar-refractivity contribution < 1.29 is 8.78 Å². The third kappa shape index (κ3) is 3.52. The third-order valence-electron chi connectivity index (χ3n) is 4.94. The summed E-state index contributed by atoms with van der Waals surface area (Å²) in [6, 6.07) is 9.10. The average molecular weight is 411 g/mol. The first kappa shape index (κ1) is 19.6. The SMILES string of the molecule is Cn1ncnc1C1CNc2cc(F)cc3c(=O)[nH]nc1c23.NCc1ccccc1F. The van der Waals surface area contributed by atoms with Gasteiger partial charge in [-0.05, 0) is 18.2 Å². The van der Waals surface area contributed by atoms with E-state index in [1.165, 1.54) is 24.5 Å². The number of aromatic nitrogens is 5. The molecular weight excluding hydrogens is 392 g/mol. The van der Waals surface area contributed by atoms with E-state index < -0.39 is 11.4 Å². The molecule has 0 spiro atoms. The van der Waals surface area contributed by atoms with Gasteiger partial charge < -0.3 is 11.1 Å². The first-order valence-electron chi connectivity index (χ1n) is 9.22. The Morgan fingerprint density at radius 3 is 2.73 bits per heavy atom. The molecule has 0 saturated heterocycles. The van der Waals surface area contributed by atoms with Crippen molar-refractivity contribution in [3.8, 4) is 0 Å². The van der Waals surface area contributed by atoms with Gasteiger partial charge in [0.25, 0.3) is 5.56 Å². The van der Waals surface area contributed by atoms with Gasteiger partial charge in [-0.1, -0.05) is 18.2 Å². The molecule has 1 unspecified atom stereocenters.